The molecule has 4 rings (SSSR count). The first-order valence-electron chi connectivity index (χ1n) is 8.01. The van der Waals surface area contributed by atoms with E-state index in [1.54, 1.807) is 13.2 Å². The minimum Gasteiger partial charge on any atom is -0.492 e. The number of fused-ring (bicyclic) bond motifs is 2. The number of halogens is 1. The van der Waals surface area contributed by atoms with Crippen molar-refractivity contribution in [2.45, 2.75) is 12.6 Å². The van der Waals surface area contributed by atoms with E-state index in [9.17, 15) is 4.39 Å². The zero-order valence-corrected chi connectivity index (χ0v) is 13.7. The normalized spacial score (nSPS) is 21.3. The van der Waals surface area contributed by atoms with E-state index in [0.717, 1.165) is 30.0 Å². The zero-order chi connectivity index (χ0) is 16.7. The molecule has 2 aliphatic heterocycles. The number of likely N-dealkylation sites (N-methyl/N-ethyl adjacent to an activating group) is 1. The summed E-state index contributed by atoms with van der Waals surface area (Å²) in [4.78, 5) is 1.28. The van der Waals surface area contributed by atoms with Gasteiger partial charge in [0.1, 0.15) is 5.82 Å². The molecule has 126 valence electrons. The van der Waals surface area contributed by atoms with Gasteiger partial charge in [0.05, 0.1) is 26.3 Å². The molecule has 6 heteroatoms. The van der Waals surface area contributed by atoms with Gasteiger partial charge in [0.25, 0.3) is 0 Å². The molecule has 0 saturated carbocycles. The number of anilines is 1. The summed E-state index contributed by atoms with van der Waals surface area (Å²) < 4.78 is 30.3. The topological polar surface area (TPSA) is 44.2 Å². The molecule has 24 heavy (non-hydrogen) atoms. The van der Waals surface area contributed by atoms with Crippen LogP contribution in [0.5, 0.6) is 17.2 Å². The van der Waals surface area contributed by atoms with Crippen LogP contribution in [0.2, 0.25) is 0 Å². The number of nitrogens with one attached hydrogen (secondary N) is 2. The first-order valence-corrected chi connectivity index (χ1v) is 8.01. The van der Waals surface area contributed by atoms with Gasteiger partial charge >= 0.3 is 0 Å². The maximum atomic E-state index is 13.5. The predicted molar refractivity (Wildman–Crippen MR) is 87.3 cm³/mol. The standard InChI is InChI=1S/C18H19FN2O3/c1-21-7-6-11-8-14-16(24-10-23-14)17(22-2)15(11)18(21)20-13-5-3-4-12(19)9-13/h3-5,8-9,18,20H,6-7,10H2,1-2H3/p+1/t18-/m1/s1. The maximum Gasteiger partial charge on any atom is 0.231 e. The molecule has 0 radical (unpaired) electrons. The highest BCUT2D eigenvalue weighted by molar-refractivity contribution is 5.62. The van der Waals surface area contributed by atoms with Gasteiger partial charge < -0.3 is 24.4 Å². The average Bonchev–Trinajstić information content (AvgIpc) is 3.04. The van der Waals surface area contributed by atoms with Crippen molar-refractivity contribution in [2.24, 2.45) is 0 Å². The molecule has 1 unspecified atom stereocenters. The molecule has 0 fully saturated rings. The maximum absolute atomic E-state index is 13.5. The highest BCUT2D eigenvalue weighted by Crippen LogP contribution is 2.47. The molecule has 2 aromatic carbocycles. The molecule has 5 nitrogen and oxygen atoms in total. The molecule has 0 spiro atoms. The second kappa shape index (κ2) is 5.87. The second-order valence-corrected chi connectivity index (χ2v) is 6.15. The largest absolute Gasteiger partial charge is 0.492 e. The highest BCUT2D eigenvalue weighted by atomic mass is 19.1. The molecule has 2 aromatic rings. The van der Waals surface area contributed by atoms with Crippen LogP contribution in [0.3, 0.4) is 0 Å². The van der Waals surface area contributed by atoms with Crippen molar-refractivity contribution >= 4 is 5.69 Å². The summed E-state index contributed by atoms with van der Waals surface area (Å²) in [5.74, 6) is 1.82. The van der Waals surface area contributed by atoms with Crippen LogP contribution in [0.15, 0.2) is 30.3 Å². The Balaban J connectivity index is 1.79. The summed E-state index contributed by atoms with van der Waals surface area (Å²) in [5.41, 5.74) is 2.97. The number of methoxy groups -OCH3 is 1. The van der Waals surface area contributed by atoms with E-state index in [-0.39, 0.29) is 18.8 Å². The molecule has 0 aromatic heterocycles. The van der Waals surface area contributed by atoms with Gasteiger partial charge in [0.2, 0.25) is 12.5 Å². The smallest absolute Gasteiger partial charge is 0.231 e. The van der Waals surface area contributed by atoms with Crippen molar-refractivity contribution in [3.63, 3.8) is 0 Å². The van der Waals surface area contributed by atoms with Crippen molar-refractivity contribution in [3.05, 3.63) is 47.3 Å². The van der Waals surface area contributed by atoms with Crippen molar-refractivity contribution in [1.82, 2.24) is 0 Å². The number of quaternary nitrogens is 1. The number of hydrogen-bond donors (Lipinski definition) is 2. The molecule has 2 aliphatic rings. The van der Waals surface area contributed by atoms with Gasteiger partial charge in [-0.05, 0) is 29.8 Å². The lowest BCUT2D eigenvalue weighted by Crippen LogP contribution is -3.11. The fourth-order valence-electron chi connectivity index (χ4n) is 3.47. The SMILES string of the molecule is COc1c2c(cc3c1[C@H](Nc1cccc(F)c1)[NH+](C)CC3)OCO2. The minimum atomic E-state index is -0.258. The van der Waals surface area contributed by atoms with Crippen molar-refractivity contribution in [2.75, 3.05) is 32.8 Å². The number of rotatable bonds is 3. The molecular formula is C18H20FN2O3+. The van der Waals surface area contributed by atoms with Crippen molar-refractivity contribution < 1.29 is 23.5 Å². The lowest BCUT2D eigenvalue weighted by atomic mass is 9.94. The number of benzene rings is 2. The van der Waals surface area contributed by atoms with Crippen LogP contribution in [-0.4, -0.2) is 27.5 Å². The van der Waals surface area contributed by atoms with E-state index >= 15 is 0 Å². The predicted octanol–water partition coefficient (Wildman–Crippen LogP) is 1.74. The third kappa shape index (κ3) is 2.43. The molecule has 0 saturated heterocycles. The van der Waals surface area contributed by atoms with Gasteiger partial charge in [0, 0.05) is 12.1 Å². The molecule has 0 bridgehead atoms. The van der Waals surface area contributed by atoms with Crippen molar-refractivity contribution in [1.29, 1.82) is 0 Å². The van der Waals surface area contributed by atoms with E-state index < -0.39 is 0 Å². The van der Waals surface area contributed by atoms with Gasteiger partial charge in [0.15, 0.2) is 17.7 Å². The average molecular weight is 331 g/mol. The van der Waals surface area contributed by atoms with Crippen LogP contribution in [0.4, 0.5) is 10.1 Å². The molecular weight excluding hydrogens is 311 g/mol. The Morgan fingerprint density at radius 1 is 1.29 bits per heavy atom. The summed E-state index contributed by atoms with van der Waals surface area (Å²) in [5, 5.41) is 3.44. The fourth-order valence-corrected chi connectivity index (χ4v) is 3.47. The summed E-state index contributed by atoms with van der Waals surface area (Å²) >= 11 is 0. The van der Waals surface area contributed by atoms with Gasteiger partial charge in [-0.3, -0.25) is 0 Å². The van der Waals surface area contributed by atoms with Crippen LogP contribution >= 0.6 is 0 Å². The molecule has 2 heterocycles. The Bertz CT molecular complexity index is 781. The second-order valence-electron chi connectivity index (χ2n) is 6.15. The third-order valence-corrected chi connectivity index (χ3v) is 4.65. The third-order valence-electron chi connectivity index (χ3n) is 4.65. The van der Waals surface area contributed by atoms with Crippen LogP contribution in [0.1, 0.15) is 17.3 Å². The number of hydrogen-bond acceptors (Lipinski definition) is 4. The minimum absolute atomic E-state index is 0.0556. The van der Waals surface area contributed by atoms with Gasteiger partial charge in [-0.2, -0.15) is 0 Å². The van der Waals surface area contributed by atoms with Gasteiger partial charge in [-0.1, -0.05) is 6.07 Å². The summed E-state index contributed by atoms with van der Waals surface area (Å²) in [6.07, 6.45) is 0.871. The van der Waals surface area contributed by atoms with Crippen LogP contribution in [0.25, 0.3) is 0 Å². The Labute approximate surface area is 139 Å². The Morgan fingerprint density at radius 3 is 2.96 bits per heavy atom. The summed E-state index contributed by atoms with van der Waals surface area (Å²) in [6, 6.07) is 8.54. The van der Waals surface area contributed by atoms with Gasteiger partial charge in [-0.15, -0.1) is 0 Å². The molecule has 2 atom stereocenters. The zero-order valence-electron chi connectivity index (χ0n) is 13.7. The quantitative estimate of drug-likeness (QED) is 0.899. The Kier molecular flexibility index (Phi) is 3.69. The van der Waals surface area contributed by atoms with E-state index in [1.807, 2.05) is 12.1 Å². The van der Waals surface area contributed by atoms with Gasteiger partial charge in [-0.25, -0.2) is 4.39 Å². The Hall–Kier alpha value is -2.47. The van der Waals surface area contributed by atoms with Crippen LogP contribution < -0.4 is 24.4 Å². The van der Waals surface area contributed by atoms with E-state index in [2.05, 4.69) is 12.4 Å². The first-order chi connectivity index (χ1) is 11.7. The van der Waals surface area contributed by atoms with E-state index in [0.29, 0.717) is 11.5 Å². The fraction of sp³-hybridized carbons (Fsp3) is 0.333. The van der Waals surface area contributed by atoms with Crippen LogP contribution in [0, 0.1) is 5.82 Å². The number of ether oxygens (including phenoxy) is 3. The highest BCUT2D eigenvalue weighted by Gasteiger charge is 2.36. The lowest BCUT2D eigenvalue weighted by Gasteiger charge is -2.33. The van der Waals surface area contributed by atoms with E-state index in [1.165, 1.54) is 22.6 Å². The monoisotopic (exact) mass is 331 g/mol. The molecule has 0 aliphatic carbocycles. The first kappa shape index (κ1) is 15.1. The summed E-state index contributed by atoms with van der Waals surface area (Å²) in [7, 11) is 3.75. The summed E-state index contributed by atoms with van der Waals surface area (Å²) in [6.45, 7) is 1.17. The Morgan fingerprint density at radius 2 is 2.17 bits per heavy atom. The lowest BCUT2D eigenvalue weighted by molar-refractivity contribution is -0.910. The molecule has 0 amide bonds. The molecule has 2 N–H and O–H groups in total. The van der Waals surface area contributed by atoms with Crippen LogP contribution in [-0.2, 0) is 6.42 Å². The van der Waals surface area contributed by atoms with Crippen molar-refractivity contribution in [3.8, 4) is 17.2 Å². The van der Waals surface area contributed by atoms with E-state index in [4.69, 9.17) is 14.2 Å².